The zero-order chi connectivity index (χ0) is 23.7. The lowest BCUT2D eigenvalue weighted by Gasteiger charge is -2.30. The molecule has 2 aromatic carbocycles. The van der Waals surface area contributed by atoms with Crippen LogP contribution in [0.4, 0.5) is 16.2 Å². The Hall–Kier alpha value is -3.32. The minimum atomic E-state index is -0.214. The molecule has 7 heteroatoms. The van der Waals surface area contributed by atoms with Crippen LogP contribution < -0.4 is 15.5 Å². The molecule has 5 rings (SSSR count). The molecule has 0 fully saturated rings. The zero-order valence-corrected chi connectivity index (χ0v) is 20.2. The number of hydrogen-bond donors (Lipinski definition) is 2. The van der Waals surface area contributed by atoms with E-state index < -0.39 is 0 Å². The number of pyridine rings is 1. The summed E-state index contributed by atoms with van der Waals surface area (Å²) >= 11 is 1.68. The Kier molecular flexibility index (Phi) is 6.28. The minimum Gasteiger partial charge on any atom is -0.345 e. The largest absolute Gasteiger partial charge is 0.345 e. The molecule has 0 saturated heterocycles. The van der Waals surface area contributed by atoms with Crippen molar-refractivity contribution in [2.45, 2.75) is 44.2 Å². The monoisotopic (exact) mass is 472 g/mol. The number of aromatic nitrogens is 1. The molecule has 2 heterocycles. The van der Waals surface area contributed by atoms with Crippen molar-refractivity contribution in [3.63, 3.8) is 0 Å². The lowest BCUT2D eigenvalue weighted by atomic mass is 9.87. The SMILES string of the molecule is Cc1cc(C)c2c(n1)SCCN2C(=O)Nc1cccc(C(=O)NC2CCCc3ccccc32)c1. The first kappa shape index (κ1) is 22.5. The lowest BCUT2D eigenvalue weighted by Crippen LogP contribution is -2.39. The van der Waals surface area contributed by atoms with E-state index in [0.29, 0.717) is 17.8 Å². The fourth-order valence-corrected chi connectivity index (χ4v) is 5.93. The Morgan fingerprint density at radius 1 is 1.09 bits per heavy atom. The molecule has 0 bridgehead atoms. The molecule has 2 aliphatic rings. The number of nitrogens with one attached hydrogen (secondary N) is 2. The predicted molar refractivity (Wildman–Crippen MR) is 137 cm³/mol. The molecule has 1 atom stereocenters. The molecule has 0 saturated carbocycles. The van der Waals surface area contributed by atoms with Crippen molar-refractivity contribution in [2.75, 3.05) is 22.5 Å². The summed E-state index contributed by atoms with van der Waals surface area (Å²) < 4.78 is 0. The van der Waals surface area contributed by atoms with Crippen molar-refractivity contribution in [1.82, 2.24) is 10.3 Å². The first-order chi connectivity index (χ1) is 16.5. The van der Waals surface area contributed by atoms with Gasteiger partial charge < -0.3 is 10.6 Å². The summed E-state index contributed by atoms with van der Waals surface area (Å²) in [5.41, 5.74) is 6.48. The van der Waals surface area contributed by atoms with Crippen molar-refractivity contribution in [1.29, 1.82) is 0 Å². The molecular weight excluding hydrogens is 444 g/mol. The van der Waals surface area contributed by atoms with Crippen LogP contribution in [0, 0.1) is 13.8 Å². The van der Waals surface area contributed by atoms with E-state index in [0.717, 1.165) is 47.0 Å². The average Bonchev–Trinajstić information content (AvgIpc) is 2.84. The molecule has 1 aromatic heterocycles. The van der Waals surface area contributed by atoms with E-state index in [1.807, 2.05) is 38.1 Å². The Bertz CT molecular complexity index is 1260. The summed E-state index contributed by atoms with van der Waals surface area (Å²) in [6, 6.07) is 17.2. The van der Waals surface area contributed by atoms with Gasteiger partial charge in [0.05, 0.1) is 11.7 Å². The van der Waals surface area contributed by atoms with Gasteiger partial charge in [0.15, 0.2) is 0 Å². The van der Waals surface area contributed by atoms with Crippen molar-refractivity contribution in [3.8, 4) is 0 Å². The smallest absolute Gasteiger partial charge is 0.326 e. The van der Waals surface area contributed by atoms with E-state index in [9.17, 15) is 9.59 Å². The third kappa shape index (κ3) is 4.53. The quantitative estimate of drug-likeness (QED) is 0.517. The summed E-state index contributed by atoms with van der Waals surface area (Å²) in [6.45, 7) is 4.58. The van der Waals surface area contributed by atoms with Crippen molar-refractivity contribution in [3.05, 3.63) is 82.5 Å². The number of rotatable bonds is 3. The number of thioether (sulfide) groups is 1. The van der Waals surface area contributed by atoms with Crippen molar-refractivity contribution < 1.29 is 9.59 Å². The van der Waals surface area contributed by atoms with Crippen LogP contribution >= 0.6 is 11.8 Å². The van der Waals surface area contributed by atoms with E-state index >= 15 is 0 Å². The number of carbonyl (C=O) groups excluding carboxylic acids is 2. The van der Waals surface area contributed by atoms with E-state index in [1.54, 1.807) is 34.9 Å². The molecule has 174 valence electrons. The first-order valence-electron chi connectivity index (χ1n) is 11.7. The summed E-state index contributed by atoms with van der Waals surface area (Å²) in [6.07, 6.45) is 3.04. The maximum atomic E-state index is 13.2. The van der Waals surface area contributed by atoms with Crippen molar-refractivity contribution >= 4 is 35.1 Å². The number of hydrogen-bond acceptors (Lipinski definition) is 4. The standard InChI is InChI=1S/C27H28N4O2S/c1-17-15-18(2)28-26-24(17)31(13-14-34-26)27(33)29-21-10-5-9-20(16-21)25(32)30-23-12-6-8-19-7-3-4-11-22(19)23/h3-5,7,9-11,15-16,23H,6,8,12-14H2,1-2H3,(H,29,33)(H,30,32). The highest BCUT2D eigenvalue weighted by atomic mass is 32.2. The molecule has 3 aromatic rings. The van der Waals surface area contributed by atoms with Crippen LogP contribution in [0.25, 0.3) is 0 Å². The van der Waals surface area contributed by atoms with Crippen LogP contribution in [0.2, 0.25) is 0 Å². The van der Waals surface area contributed by atoms with Gasteiger partial charge >= 0.3 is 6.03 Å². The summed E-state index contributed by atoms with van der Waals surface area (Å²) in [5.74, 6) is 0.662. The topological polar surface area (TPSA) is 74.3 Å². The maximum absolute atomic E-state index is 13.2. The number of fused-ring (bicyclic) bond motifs is 2. The number of urea groups is 1. The second-order valence-corrected chi connectivity index (χ2v) is 9.95. The van der Waals surface area contributed by atoms with Crippen LogP contribution in [0.3, 0.4) is 0 Å². The molecule has 34 heavy (non-hydrogen) atoms. The average molecular weight is 473 g/mol. The highest BCUT2D eigenvalue weighted by molar-refractivity contribution is 7.99. The van der Waals surface area contributed by atoms with Gasteiger partial charge in [0, 0.05) is 29.2 Å². The first-order valence-corrected chi connectivity index (χ1v) is 12.7. The van der Waals surface area contributed by atoms with Crippen LogP contribution in [-0.2, 0) is 6.42 Å². The highest BCUT2D eigenvalue weighted by Crippen LogP contribution is 2.36. The number of aryl methyl sites for hydroxylation is 3. The fraction of sp³-hybridized carbons (Fsp3) is 0.296. The van der Waals surface area contributed by atoms with Gasteiger partial charge in [-0.15, -0.1) is 11.8 Å². The molecule has 2 N–H and O–H groups in total. The minimum absolute atomic E-state index is 0.0111. The van der Waals surface area contributed by atoms with Crippen LogP contribution in [-0.4, -0.2) is 29.2 Å². The second kappa shape index (κ2) is 9.50. The van der Waals surface area contributed by atoms with Gasteiger partial charge in [-0.2, -0.15) is 0 Å². The third-order valence-electron chi connectivity index (χ3n) is 6.40. The van der Waals surface area contributed by atoms with Gasteiger partial charge in [-0.1, -0.05) is 30.3 Å². The lowest BCUT2D eigenvalue weighted by molar-refractivity contribution is 0.0932. The highest BCUT2D eigenvalue weighted by Gasteiger charge is 2.27. The molecule has 6 nitrogen and oxygen atoms in total. The van der Waals surface area contributed by atoms with E-state index in [2.05, 4.69) is 27.8 Å². The third-order valence-corrected chi connectivity index (χ3v) is 7.34. The van der Waals surface area contributed by atoms with Crippen molar-refractivity contribution in [2.24, 2.45) is 0 Å². The maximum Gasteiger partial charge on any atom is 0.326 e. The molecule has 1 aliphatic heterocycles. The number of amides is 3. The van der Waals surface area contributed by atoms with Crippen LogP contribution in [0.1, 0.15) is 51.6 Å². The molecule has 1 unspecified atom stereocenters. The van der Waals surface area contributed by atoms with E-state index in [4.69, 9.17) is 0 Å². The molecular formula is C27H28N4O2S. The molecule has 3 amide bonds. The second-order valence-electron chi connectivity index (χ2n) is 8.86. The van der Waals surface area contributed by atoms with Gasteiger partial charge in [-0.3, -0.25) is 9.69 Å². The normalized spacial score (nSPS) is 16.9. The Balaban J connectivity index is 1.31. The molecule has 0 spiro atoms. The fourth-order valence-electron chi connectivity index (χ4n) is 4.85. The zero-order valence-electron chi connectivity index (χ0n) is 19.4. The molecule has 1 aliphatic carbocycles. The van der Waals surface area contributed by atoms with Gasteiger partial charge in [0.1, 0.15) is 5.03 Å². The van der Waals surface area contributed by atoms with Crippen LogP contribution in [0.15, 0.2) is 59.6 Å². The Morgan fingerprint density at radius 3 is 2.82 bits per heavy atom. The van der Waals surface area contributed by atoms with E-state index in [-0.39, 0.29) is 18.0 Å². The number of benzene rings is 2. The number of anilines is 2. The summed E-state index contributed by atoms with van der Waals surface area (Å²) in [4.78, 5) is 32.6. The predicted octanol–water partition coefficient (Wildman–Crippen LogP) is 5.65. The number of nitrogens with zero attached hydrogens (tertiary/aromatic N) is 2. The Morgan fingerprint density at radius 2 is 1.94 bits per heavy atom. The summed E-state index contributed by atoms with van der Waals surface area (Å²) in [7, 11) is 0. The van der Waals surface area contributed by atoms with E-state index in [1.165, 1.54) is 11.1 Å². The number of carbonyl (C=O) groups is 2. The van der Waals surface area contributed by atoms with Gasteiger partial charge in [-0.05, 0) is 74.1 Å². The molecule has 0 radical (unpaired) electrons. The van der Waals surface area contributed by atoms with Gasteiger partial charge in [0.25, 0.3) is 5.91 Å². The Labute approximate surface area is 204 Å². The summed E-state index contributed by atoms with van der Waals surface area (Å²) in [5, 5.41) is 7.06. The van der Waals surface area contributed by atoms with Crippen LogP contribution in [0.5, 0.6) is 0 Å². The van der Waals surface area contributed by atoms with Gasteiger partial charge in [0.2, 0.25) is 0 Å². The van der Waals surface area contributed by atoms with Gasteiger partial charge in [-0.25, -0.2) is 9.78 Å².